The first-order valence-electron chi connectivity index (χ1n) is 15.2. The lowest BCUT2D eigenvalue weighted by Gasteiger charge is -2.55. The molecule has 4 saturated heterocycles. The van der Waals surface area contributed by atoms with Gasteiger partial charge in [-0.25, -0.2) is 13.8 Å². The van der Waals surface area contributed by atoms with E-state index in [0.717, 1.165) is 25.9 Å². The van der Waals surface area contributed by atoms with Crippen LogP contribution in [-0.2, 0) is 9.53 Å². The van der Waals surface area contributed by atoms with Crippen molar-refractivity contribution in [3.63, 3.8) is 0 Å². The minimum atomic E-state index is -2.85. The Bertz CT molecular complexity index is 1410. The van der Waals surface area contributed by atoms with Crippen LogP contribution >= 0.6 is 0 Å². The minimum absolute atomic E-state index is 0.0196. The van der Waals surface area contributed by atoms with E-state index in [9.17, 15) is 18.8 Å². The number of piperidine rings is 1. The number of ether oxygens (including phenoxy) is 1. The number of anilines is 2. The molecule has 0 saturated carbocycles. The molecule has 2 aromatic rings. The molecule has 4 aliphatic rings. The number of aromatic nitrogens is 3. The SMILES string of the molecule is C=CC(=O)N1CCN(C2CN(c3cc(N4CCC(c5c(C)cnn5C5COC5)CC4)nc(C(F)F)c3C#N)[C@@H]2C)C[C@H]1C. The molecule has 0 bridgehead atoms. The highest BCUT2D eigenvalue weighted by atomic mass is 19.3. The molecule has 4 fully saturated rings. The van der Waals surface area contributed by atoms with Gasteiger partial charge >= 0.3 is 0 Å². The van der Waals surface area contributed by atoms with Crippen LogP contribution in [0.1, 0.15) is 67.6 Å². The zero-order valence-electron chi connectivity index (χ0n) is 25.1. The number of nitrogens with zero attached hydrogens (tertiary/aromatic N) is 8. The molecule has 0 radical (unpaired) electrons. The highest BCUT2D eigenvalue weighted by molar-refractivity contribution is 5.87. The minimum Gasteiger partial charge on any atom is -0.377 e. The van der Waals surface area contributed by atoms with Crippen molar-refractivity contribution in [1.29, 1.82) is 5.26 Å². The van der Waals surface area contributed by atoms with Gasteiger partial charge in [0.05, 0.1) is 31.1 Å². The predicted molar refractivity (Wildman–Crippen MR) is 158 cm³/mol. The summed E-state index contributed by atoms with van der Waals surface area (Å²) in [6, 6.07) is 4.43. The Morgan fingerprint density at radius 2 is 1.93 bits per heavy atom. The van der Waals surface area contributed by atoms with Crippen molar-refractivity contribution in [3.05, 3.63) is 47.4 Å². The molecule has 2 aromatic heterocycles. The Morgan fingerprint density at radius 1 is 1.19 bits per heavy atom. The van der Waals surface area contributed by atoms with Crippen LogP contribution in [0.5, 0.6) is 0 Å². The average Bonchev–Trinajstić information content (AvgIpc) is 3.34. The fraction of sp³-hybridized carbons (Fsp3) is 0.613. The van der Waals surface area contributed by atoms with Crippen molar-refractivity contribution >= 4 is 17.4 Å². The Morgan fingerprint density at radius 3 is 2.51 bits per heavy atom. The third-order valence-corrected chi connectivity index (χ3v) is 9.86. The zero-order valence-corrected chi connectivity index (χ0v) is 25.1. The number of halogens is 2. The van der Waals surface area contributed by atoms with Gasteiger partial charge in [-0.1, -0.05) is 6.58 Å². The topological polar surface area (TPSA) is 93.8 Å². The van der Waals surface area contributed by atoms with Crippen LogP contribution in [0.2, 0.25) is 0 Å². The van der Waals surface area contributed by atoms with E-state index in [1.807, 2.05) is 30.2 Å². The van der Waals surface area contributed by atoms with Gasteiger partial charge in [-0.3, -0.25) is 14.4 Å². The Balaban J connectivity index is 1.18. The van der Waals surface area contributed by atoms with Crippen molar-refractivity contribution in [1.82, 2.24) is 24.6 Å². The van der Waals surface area contributed by atoms with Crippen LogP contribution in [-0.4, -0.2) is 101 Å². The van der Waals surface area contributed by atoms with Crippen LogP contribution in [0.4, 0.5) is 20.3 Å². The number of amides is 1. The number of carbonyl (C=O) groups is 1. The van der Waals surface area contributed by atoms with Gasteiger partial charge in [-0.2, -0.15) is 10.4 Å². The first-order valence-corrected chi connectivity index (χ1v) is 15.2. The predicted octanol–water partition coefficient (Wildman–Crippen LogP) is 3.65. The van der Waals surface area contributed by atoms with Crippen LogP contribution < -0.4 is 9.80 Å². The number of alkyl halides is 2. The van der Waals surface area contributed by atoms with Crippen molar-refractivity contribution in [3.8, 4) is 6.07 Å². The quantitative estimate of drug-likeness (QED) is 0.449. The van der Waals surface area contributed by atoms with E-state index >= 15 is 0 Å². The van der Waals surface area contributed by atoms with Crippen molar-refractivity contribution in [2.75, 3.05) is 62.3 Å². The lowest BCUT2D eigenvalue weighted by atomic mass is 9.90. The zero-order chi connectivity index (χ0) is 30.4. The molecule has 3 atom stereocenters. The van der Waals surface area contributed by atoms with Gasteiger partial charge in [0.25, 0.3) is 6.43 Å². The van der Waals surface area contributed by atoms with E-state index < -0.39 is 12.1 Å². The fourth-order valence-corrected chi connectivity index (χ4v) is 7.26. The number of aryl methyl sites for hydroxylation is 1. The molecule has 230 valence electrons. The number of hydrogen-bond donors (Lipinski definition) is 0. The number of rotatable bonds is 7. The second-order valence-electron chi connectivity index (χ2n) is 12.3. The molecule has 0 spiro atoms. The summed E-state index contributed by atoms with van der Waals surface area (Å²) in [6.07, 6.45) is 2.15. The molecule has 1 unspecified atom stereocenters. The first kappa shape index (κ1) is 29.5. The number of carbonyl (C=O) groups excluding carboxylic acids is 1. The second kappa shape index (κ2) is 11.8. The van der Waals surface area contributed by atoms with E-state index in [2.05, 4.69) is 49.9 Å². The van der Waals surface area contributed by atoms with Crippen LogP contribution in [0.25, 0.3) is 0 Å². The van der Waals surface area contributed by atoms with Crippen LogP contribution in [0, 0.1) is 18.3 Å². The van der Waals surface area contributed by atoms with Crippen molar-refractivity contribution in [2.24, 2.45) is 0 Å². The summed E-state index contributed by atoms with van der Waals surface area (Å²) >= 11 is 0. The number of piperazine rings is 1. The number of hydrogen-bond acceptors (Lipinski definition) is 8. The lowest BCUT2D eigenvalue weighted by Crippen LogP contribution is -2.69. The molecule has 1 amide bonds. The Labute approximate surface area is 251 Å². The van der Waals surface area contributed by atoms with E-state index in [1.165, 1.54) is 17.3 Å². The van der Waals surface area contributed by atoms with E-state index in [0.29, 0.717) is 56.8 Å². The average molecular weight is 595 g/mol. The molecule has 0 aliphatic carbocycles. The summed E-state index contributed by atoms with van der Waals surface area (Å²) in [4.78, 5) is 24.9. The second-order valence-corrected chi connectivity index (χ2v) is 12.3. The molecule has 6 rings (SSSR count). The van der Waals surface area contributed by atoms with Crippen LogP contribution in [0.3, 0.4) is 0 Å². The fourth-order valence-electron chi connectivity index (χ4n) is 7.26. The van der Waals surface area contributed by atoms with Gasteiger partial charge in [-0.05, 0) is 45.3 Å². The standard InChI is InChI=1S/C31H40F2N8O2/c1-5-28(42)39-11-10-38(15-20(39)3)26-16-40(21(26)4)25-12-27(36-29(31(32)33)24(25)13-34)37-8-6-22(7-9-37)30-19(2)14-35-41(30)23-17-43-18-23/h5,12,14,20-23,26,31H,1,6-11,15-18H2,2-4H3/t20-,21-,26?/m1/s1. The maximum atomic E-state index is 14.3. The summed E-state index contributed by atoms with van der Waals surface area (Å²) in [7, 11) is 0. The van der Waals surface area contributed by atoms with Crippen molar-refractivity contribution < 1.29 is 18.3 Å². The monoisotopic (exact) mass is 594 g/mol. The van der Waals surface area contributed by atoms with E-state index in [1.54, 1.807) is 0 Å². The number of pyridine rings is 1. The van der Waals surface area contributed by atoms with Gasteiger partial charge in [0.2, 0.25) is 5.91 Å². The maximum Gasteiger partial charge on any atom is 0.281 e. The molecular formula is C31H40F2N8O2. The molecule has 0 N–H and O–H groups in total. The Kier molecular flexibility index (Phi) is 8.13. The smallest absolute Gasteiger partial charge is 0.281 e. The molecule has 10 nitrogen and oxygen atoms in total. The third-order valence-electron chi connectivity index (χ3n) is 9.86. The molecule has 4 aliphatic heterocycles. The van der Waals surface area contributed by atoms with Gasteiger partial charge in [0, 0.05) is 75.1 Å². The van der Waals surface area contributed by atoms with Gasteiger partial charge in [0.15, 0.2) is 0 Å². The lowest BCUT2D eigenvalue weighted by molar-refractivity contribution is -0.131. The van der Waals surface area contributed by atoms with E-state index in [-0.39, 0.29) is 35.6 Å². The van der Waals surface area contributed by atoms with Gasteiger partial charge in [0.1, 0.15) is 23.1 Å². The first-order chi connectivity index (χ1) is 20.7. The normalized spacial score (nSPS) is 25.4. The molecule has 43 heavy (non-hydrogen) atoms. The Hall–Kier alpha value is -3.56. The third kappa shape index (κ3) is 5.27. The largest absolute Gasteiger partial charge is 0.377 e. The summed E-state index contributed by atoms with van der Waals surface area (Å²) < 4.78 is 36.1. The highest BCUT2D eigenvalue weighted by Gasteiger charge is 2.43. The summed E-state index contributed by atoms with van der Waals surface area (Å²) in [6.45, 7) is 15.3. The van der Waals surface area contributed by atoms with Gasteiger partial charge in [-0.15, -0.1) is 0 Å². The van der Waals surface area contributed by atoms with Crippen molar-refractivity contribution in [2.45, 2.75) is 70.1 Å². The van der Waals surface area contributed by atoms with Gasteiger partial charge < -0.3 is 19.4 Å². The maximum absolute atomic E-state index is 14.3. The highest BCUT2D eigenvalue weighted by Crippen LogP contribution is 2.40. The summed E-state index contributed by atoms with van der Waals surface area (Å²) in [5.74, 6) is 0.768. The molecular weight excluding hydrogens is 554 g/mol. The van der Waals surface area contributed by atoms with Crippen LogP contribution in [0.15, 0.2) is 24.9 Å². The molecule has 6 heterocycles. The molecule has 12 heteroatoms. The van der Waals surface area contributed by atoms with E-state index in [4.69, 9.17) is 4.74 Å². The number of nitriles is 1. The summed E-state index contributed by atoms with van der Waals surface area (Å²) in [5.41, 5.74) is 2.46. The summed E-state index contributed by atoms with van der Waals surface area (Å²) in [5, 5.41) is 14.6. The molecule has 0 aromatic carbocycles.